The average Bonchev–Trinajstić information content (AvgIpc) is 2.19. The molecule has 0 saturated carbocycles. The molecule has 0 aromatic rings. The highest BCUT2D eigenvalue weighted by Gasteiger charge is 2.06. The van der Waals surface area contributed by atoms with E-state index in [1.807, 2.05) is 0 Å². The molecule has 0 saturated heterocycles. The Balaban J connectivity index is 0. The van der Waals surface area contributed by atoms with Gasteiger partial charge in [0.25, 0.3) is 0 Å². The third kappa shape index (κ3) is 14.7. The summed E-state index contributed by atoms with van der Waals surface area (Å²) in [5, 5.41) is 18.6. The molecule has 1 unspecified atom stereocenters. The summed E-state index contributed by atoms with van der Waals surface area (Å²) in [5.41, 5.74) is 5.06. The maximum Gasteiger partial charge on any atom is 0.320 e. The van der Waals surface area contributed by atoms with Gasteiger partial charge < -0.3 is 15.9 Å². The number of hydrogen-bond acceptors (Lipinski definition) is 4. The number of terminal acetylenes is 1. The van der Waals surface area contributed by atoms with Crippen molar-refractivity contribution in [1.82, 2.24) is 5.32 Å². The van der Waals surface area contributed by atoms with E-state index >= 15 is 0 Å². The average molecular weight is 228 g/mol. The van der Waals surface area contributed by atoms with Crippen LogP contribution in [0.2, 0.25) is 0 Å². The smallest absolute Gasteiger partial charge is 0.320 e. The molecule has 6 nitrogen and oxygen atoms in total. The number of hydrogen-bond donors (Lipinski definition) is 4. The normalized spacial score (nSPS) is 10.2. The lowest BCUT2D eigenvalue weighted by Crippen LogP contribution is -2.28. The van der Waals surface area contributed by atoms with Crippen molar-refractivity contribution in [3.63, 3.8) is 0 Å². The van der Waals surface area contributed by atoms with Crippen LogP contribution in [0.4, 0.5) is 0 Å². The summed E-state index contributed by atoms with van der Waals surface area (Å²) in [6.07, 6.45) is 6.62. The van der Waals surface area contributed by atoms with Crippen LogP contribution in [0.1, 0.15) is 6.42 Å². The van der Waals surface area contributed by atoms with E-state index in [4.69, 9.17) is 22.4 Å². The Bertz CT molecular complexity index is 270. The highest BCUT2D eigenvalue weighted by Crippen LogP contribution is 1.86. The van der Waals surface area contributed by atoms with Crippen molar-refractivity contribution in [3.8, 4) is 12.3 Å². The second kappa shape index (κ2) is 11.2. The number of aliphatic carboxylic acids is 2. The topological polar surface area (TPSA) is 113 Å². The third-order valence-electron chi connectivity index (χ3n) is 1.24. The summed E-state index contributed by atoms with van der Waals surface area (Å²) in [5.74, 6) is 0.378. The molecule has 90 valence electrons. The molecule has 5 N–H and O–H groups in total. The van der Waals surface area contributed by atoms with Gasteiger partial charge in [-0.2, -0.15) is 0 Å². The summed E-state index contributed by atoms with van der Waals surface area (Å²) in [4.78, 5) is 19.7. The lowest BCUT2D eigenvalue weighted by molar-refractivity contribution is -0.138. The SMILES string of the molecule is C#CCNCC(=O)O.C=CCC(N)C(=O)O. The quantitative estimate of drug-likeness (QED) is 0.271. The van der Waals surface area contributed by atoms with Gasteiger partial charge in [-0.1, -0.05) is 12.0 Å². The molecule has 0 amide bonds. The molecule has 0 bridgehead atoms. The van der Waals surface area contributed by atoms with E-state index in [1.54, 1.807) is 0 Å². The molecule has 0 radical (unpaired) electrons. The lowest BCUT2D eigenvalue weighted by atomic mass is 10.2. The van der Waals surface area contributed by atoms with Crippen molar-refractivity contribution < 1.29 is 19.8 Å². The molecule has 0 aromatic carbocycles. The zero-order chi connectivity index (χ0) is 13.0. The van der Waals surface area contributed by atoms with Crippen molar-refractivity contribution in [2.75, 3.05) is 13.1 Å². The summed E-state index contributed by atoms with van der Waals surface area (Å²) in [7, 11) is 0. The minimum absolute atomic E-state index is 0.0653. The molecular weight excluding hydrogens is 212 g/mol. The van der Waals surface area contributed by atoms with Crippen LogP contribution in [0.5, 0.6) is 0 Å². The first kappa shape index (κ1) is 16.6. The largest absolute Gasteiger partial charge is 0.480 e. The molecule has 0 heterocycles. The Morgan fingerprint density at radius 1 is 1.56 bits per heavy atom. The Kier molecular flexibility index (Phi) is 11.6. The lowest BCUT2D eigenvalue weighted by Gasteiger charge is -1.98. The number of carbonyl (C=O) groups is 2. The molecule has 6 heteroatoms. The van der Waals surface area contributed by atoms with E-state index in [0.717, 1.165) is 0 Å². The second-order valence-electron chi connectivity index (χ2n) is 2.67. The number of nitrogens with two attached hydrogens (primary N) is 1. The van der Waals surface area contributed by atoms with Gasteiger partial charge in [-0.3, -0.25) is 14.9 Å². The molecular formula is C10H16N2O4. The molecule has 0 spiro atoms. The molecule has 1 atom stereocenters. The summed E-state index contributed by atoms with van der Waals surface area (Å²) in [6.45, 7) is 3.59. The van der Waals surface area contributed by atoms with E-state index in [-0.39, 0.29) is 6.54 Å². The van der Waals surface area contributed by atoms with Gasteiger partial charge >= 0.3 is 11.9 Å². The van der Waals surface area contributed by atoms with Gasteiger partial charge in [0, 0.05) is 0 Å². The minimum atomic E-state index is -0.982. The maximum absolute atomic E-state index is 9.92. The highest BCUT2D eigenvalue weighted by molar-refractivity contribution is 5.73. The zero-order valence-corrected chi connectivity index (χ0v) is 8.85. The van der Waals surface area contributed by atoms with Crippen LogP contribution in [-0.2, 0) is 9.59 Å². The van der Waals surface area contributed by atoms with Crippen LogP contribution >= 0.6 is 0 Å². The third-order valence-corrected chi connectivity index (χ3v) is 1.24. The Hall–Kier alpha value is -1.84. The van der Waals surface area contributed by atoms with Crippen molar-refractivity contribution >= 4 is 11.9 Å². The predicted molar refractivity (Wildman–Crippen MR) is 59.8 cm³/mol. The Labute approximate surface area is 94.1 Å². The fraction of sp³-hybridized carbons (Fsp3) is 0.400. The van der Waals surface area contributed by atoms with Crippen LogP contribution in [-0.4, -0.2) is 41.3 Å². The van der Waals surface area contributed by atoms with E-state index in [1.165, 1.54) is 6.08 Å². The Morgan fingerprint density at radius 2 is 2.12 bits per heavy atom. The van der Waals surface area contributed by atoms with Crippen molar-refractivity contribution in [2.24, 2.45) is 5.73 Å². The number of carboxylic acids is 2. The van der Waals surface area contributed by atoms with Crippen LogP contribution in [0.3, 0.4) is 0 Å². The van der Waals surface area contributed by atoms with Gasteiger partial charge in [-0.15, -0.1) is 13.0 Å². The van der Waals surface area contributed by atoms with Gasteiger partial charge in [0.2, 0.25) is 0 Å². The van der Waals surface area contributed by atoms with E-state index in [0.29, 0.717) is 13.0 Å². The fourth-order valence-corrected chi connectivity index (χ4v) is 0.522. The second-order valence-corrected chi connectivity index (χ2v) is 2.67. The molecule has 16 heavy (non-hydrogen) atoms. The van der Waals surface area contributed by atoms with Gasteiger partial charge in [0.05, 0.1) is 13.1 Å². The standard InChI is InChI=1S/C5H7NO2.C5H9NO2/c1-2-3-6-4-5(7)8;1-2-3-4(6)5(7)8/h1,6H,3-4H2,(H,7,8);2,4H,1,3,6H2,(H,7,8). The first-order valence-electron chi connectivity index (χ1n) is 4.41. The monoisotopic (exact) mass is 228 g/mol. The predicted octanol–water partition coefficient (Wildman–Crippen LogP) is -0.732. The number of nitrogens with one attached hydrogen (secondary N) is 1. The van der Waals surface area contributed by atoms with Crippen LogP contribution in [0.25, 0.3) is 0 Å². The molecule has 0 aromatic heterocycles. The van der Waals surface area contributed by atoms with Gasteiger partial charge in [0.1, 0.15) is 6.04 Å². The van der Waals surface area contributed by atoms with Gasteiger partial charge in [-0.25, -0.2) is 0 Å². The molecule has 0 fully saturated rings. The van der Waals surface area contributed by atoms with Crippen LogP contribution in [0.15, 0.2) is 12.7 Å². The summed E-state index contributed by atoms with van der Waals surface area (Å²) < 4.78 is 0. The maximum atomic E-state index is 9.92. The minimum Gasteiger partial charge on any atom is -0.480 e. The summed E-state index contributed by atoms with van der Waals surface area (Å²) in [6, 6.07) is -0.785. The molecule has 0 rings (SSSR count). The highest BCUT2D eigenvalue weighted by atomic mass is 16.4. The first-order valence-corrected chi connectivity index (χ1v) is 4.41. The van der Waals surface area contributed by atoms with Crippen molar-refractivity contribution in [3.05, 3.63) is 12.7 Å². The molecule has 0 aliphatic rings. The first-order chi connectivity index (χ1) is 7.45. The zero-order valence-electron chi connectivity index (χ0n) is 8.85. The number of carboxylic acid groups (broad SMARTS) is 2. The molecule has 0 aliphatic carbocycles. The Morgan fingerprint density at radius 3 is 2.38 bits per heavy atom. The van der Waals surface area contributed by atoms with Crippen LogP contribution < -0.4 is 11.1 Å². The van der Waals surface area contributed by atoms with Crippen LogP contribution in [0, 0.1) is 12.3 Å². The summed E-state index contributed by atoms with van der Waals surface area (Å²) >= 11 is 0. The van der Waals surface area contributed by atoms with Gasteiger partial charge in [-0.05, 0) is 6.42 Å². The van der Waals surface area contributed by atoms with Crippen molar-refractivity contribution in [2.45, 2.75) is 12.5 Å². The van der Waals surface area contributed by atoms with E-state index in [2.05, 4.69) is 17.8 Å². The fourth-order valence-electron chi connectivity index (χ4n) is 0.522. The van der Waals surface area contributed by atoms with E-state index < -0.39 is 18.0 Å². The number of rotatable bonds is 6. The van der Waals surface area contributed by atoms with Crippen molar-refractivity contribution in [1.29, 1.82) is 0 Å². The van der Waals surface area contributed by atoms with Gasteiger partial charge in [0.15, 0.2) is 0 Å². The molecule has 0 aliphatic heterocycles. The van der Waals surface area contributed by atoms with E-state index in [9.17, 15) is 9.59 Å².